The minimum atomic E-state index is 0.445. The third kappa shape index (κ3) is 3.85. The summed E-state index contributed by atoms with van der Waals surface area (Å²) in [4.78, 5) is 4.62. The maximum absolute atomic E-state index is 5.77. The molecule has 1 atom stereocenters. The van der Waals surface area contributed by atoms with E-state index in [9.17, 15) is 0 Å². The summed E-state index contributed by atoms with van der Waals surface area (Å²) in [6, 6.07) is 10.3. The SMILES string of the molecule is CC(C)CCC(C)Nc1ccc2cc(N)ccc2n1. The molecule has 0 aliphatic rings. The fraction of sp³-hybridized carbons (Fsp3) is 0.438. The zero-order valence-electron chi connectivity index (χ0n) is 12.0. The van der Waals surface area contributed by atoms with Crippen molar-refractivity contribution in [2.45, 2.75) is 39.7 Å². The average molecular weight is 257 g/mol. The molecule has 102 valence electrons. The van der Waals surface area contributed by atoms with Gasteiger partial charge < -0.3 is 11.1 Å². The van der Waals surface area contributed by atoms with Gasteiger partial charge in [-0.15, -0.1) is 0 Å². The summed E-state index contributed by atoms with van der Waals surface area (Å²) in [5.74, 6) is 1.69. The van der Waals surface area contributed by atoms with Gasteiger partial charge in [-0.1, -0.05) is 13.8 Å². The number of rotatable bonds is 5. The van der Waals surface area contributed by atoms with E-state index < -0.39 is 0 Å². The van der Waals surface area contributed by atoms with Crippen LogP contribution < -0.4 is 11.1 Å². The van der Waals surface area contributed by atoms with Crippen LogP contribution in [0.2, 0.25) is 0 Å². The highest BCUT2D eigenvalue weighted by atomic mass is 15.0. The van der Waals surface area contributed by atoms with Crippen molar-refractivity contribution in [3.63, 3.8) is 0 Å². The Hall–Kier alpha value is -1.77. The molecule has 1 aromatic heterocycles. The molecule has 0 aliphatic carbocycles. The van der Waals surface area contributed by atoms with Gasteiger partial charge in [-0.05, 0) is 56.0 Å². The molecule has 2 aromatic rings. The first-order valence-corrected chi connectivity index (χ1v) is 6.97. The molecule has 3 heteroatoms. The van der Waals surface area contributed by atoms with Crippen molar-refractivity contribution in [1.82, 2.24) is 4.98 Å². The third-order valence-corrected chi connectivity index (χ3v) is 3.28. The number of nitrogen functional groups attached to an aromatic ring is 1. The van der Waals surface area contributed by atoms with Gasteiger partial charge in [0.15, 0.2) is 0 Å². The molecule has 0 amide bonds. The van der Waals surface area contributed by atoms with Crippen molar-refractivity contribution >= 4 is 22.4 Å². The number of nitrogens with zero attached hydrogens (tertiary/aromatic N) is 1. The zero-order chi connectivity index (χ0) is 13.8. The second-order valence-electron chi connectivity index (χ2n) is 5.67. The van der Waals surface area contributed by atoms with Crippen LogP contribution in [0.25, 0.3) is 10.9 Å². The molecule has 2 rings (SSSR count). The molecule has 0 aliphatic heterocycles. The highest BCUT2D eigenvalue weighted by Gasteiger charge is 2.05. The number of aromatic nitrogens is 1. The number of hydrogen-bond donors (Lipinski definition) is 2. The third-order valence-electron chi connectivity index (χ3n) is 3.28. The Bertz CT molecular complexity index is 549. The largest absolute Gasteiger partial charge is 0.399 e. The Morgan fingerprint density at radius 2 is 1.89 bits per heavy atom. The molecule has 1 unspecified atom stereocenters. The van der Waals surface area contributed by atoms with Crippen molar-refractivity contribution in [2.75, 3.05) is 11.1 Å². The topological polar surface area (TPSA) is 50.9 Å². The van der Waals surface area contributed by atoms with Crippen LogP contribution in [0.1, 0.15) is 33.6 Å². The molecule has 1 heterocycles. The standard InChI is InChI=1S/C16H23N3/c1-11(2)4-5-12(3)18-16-9-6-13-10-14(17)7-8-15(13)19-16/h6-12H,4-5,17H2,1-3H3,(H,18,19). The molecular weight excluding hydrogens is 234 g/mol. The average Bonchev–Trinajstić information content (AvgIpc) is 2.36. The van der Waals surface area contributed by atoms with Crippen LogP contribution in [0.15, 0.2) is 30.3 Å². The monoisotopic (exact) mass is 257 g/mol. The van der Waals surface area contributed by atoms with Crippen LogP contribution >= 0.6 is 0 Å². The lowest BCUT2D eigenvalue weighted by Crippen LogP contribution is -2.16. The van der Waals surface area contributed by atoms with Gasteiger partial charge in [-0.25, -0.2) is 4.98 Å². The molecule has 0 radical (unpaired) electrons. The van der Waals surface area contributed by atoms with Gasteiger partial charge in [0, 0.05) is 17.1 Å². The number of nitrogens with one attached hydrogen (secondary N) is 1. The molecule has 0 bridgehead atoms. The molecule has 1 aromatic carbocycles. The van der Waals surface area contributed by atoms with Crippen LogP contribution in [-0.2, 0) is 0 Å². The quantitative estimate of drug-likeness (QED) is 0.794. The fourth-order valence-electron chi connectivity index (χ4n) is 2.13. The summed E-state index contributed by atoms with van der Waals surface area (Å²) < 4.78 is 0. The molecule has 0 spiro atoms. The van der Waals surface area contributed by atoms with Gasteiger partial charge in [0.1, 0.15) is 5.82 Å². The van der Waals surface area contributed by atoms with Gasteiger partial charge in [-0.2, -0.15) is 0 Å². The Kier molecular flexibility index (Phi) is 4.25. The minimum absolute atomic E-state index is 0.445. The first-order valence-electron chi connectivity index (χ1n) is 6.97. The van der Waals surface area contributed by atoms with Crippen LogP contribution in [0.3, 0.4) is 0 Å². The van der Waals surface area contributed by atoms with Crippen molar-refractivity contribution < 1.29 is 0 Å². The number of nitrogens with two attached hydrogens (primary N) is 1. The molecule has 0 saturated carbocycles. The molecule has 19 heavy (non-hydrogen) atoms. The van der Waals surface area contributed by atoms with Gasteiger partial charge in [0.05, 0.1) is 5.52 Å². The van der Waals surface area contributed by atoms with Gasteiger partial charge in [0.2, 0.25) is 0 Å². The molecule has 0 fully saturated rings. The van der Waals surface area contributed by atoms with E-state index in [1.807, 2.05) is 24.3 Å². The van der Waals surface area contributed by atoms with E-state index in [0.29, 0.717) is 6.04 Å². The summed E-state index contributed by atoms with van der Waals surface area (Å²) >= 11 is 0. The molecular formula is C16H23N3. The molecule has 0 saturated heterocycles. The summed E-state index contributed by atoms with van der Waals surface area (Å²) in [6.07, 6.45) is 2.40. The van der Waals surface area contributed by atoms with Gasteiger partial charge >= 0.3 is 0 Å². The van der Waals surface area contributed by atoms with Crippen molar-refractivity contribution in [3.8, 4) is 0 Å². The van der Waals surface area contributed by atoms with Crippen LogP contribution in [0.5, 0.6) is 0 Å². The fourth-order valence-corrected chi connectivity index (χ4v) is 2.13. The van der Waals surface area contributed by atoms with Gasteiger partial charge in [0.25, 0.3) is 0 Å². The maximum atomic E-state index is 5.77. The molecule has 3 nitrogen and oxygen atoms in total. The Balaban J connectivity index is 2.07. The number of pyridine rings is 1. The summed E-state index contributed by atoms with van der Waals surface area (Å²) in [5, 5.41) is 4.55. The first kappa shape index (κ1) is 13.7. The van der Waals surface area contributed by atoms with E-state index in [1.165, 1.54) is 12.8 Å². The maximum Gasteiger partial charge on any atom is 0.126 e. The first-order chi connectivity index (χ1) is 9.04. The van der Waals surface area contributed by atoms with Crippen LogP contribution in [0.4, 0.5) is 11.5 Å². The van der Waals surface area contributed by atoms with E-state index in [2.05, 4.69) is 37.1 Å². The number of fused-ring (bicyclic) bond motifs is 1. The van der Waals surface area contributed by atoms with Crippen LogP contribution in [-0.4, -0.2) is 11.0 Å². The van der Waals surface area contributed by atoms with Crippen molar-refractivity contribution in [2.24, 2.45) is 5.92 Å². The second-order valence-corrected chi connectivity index (χ2v) is 5.67. The zero-order valence-corrected chi connectivity index (χ0v) is 12.0. The Labute approximate surface area is 115 Å². The number of anilines is 2. The van der Waals surface area contributed by atoms with E-state index in [1.54, 1.807) is 0 Å². The predicted octanol–water partition coefficient (Wildman–Crippen LogP) is 4.05. The second kappa shape index (κ2) is 5.91. The van der Waals surface area contributed by atoms with E-state index >= 15 is 0 Å². The number of hydrogen-bond acceptors (Lipinski definition) is 3. The lowest BCUT2D eigenvalue weighted by molar-refractivity contribution is 0.527. The summed E-state index contributed by atoms with van der Waals surface area (Å²) in [6.45, 7) is 6.72. The Morgan fingerprint density at radius 3 is 2.63 bits per heavy atom. The predicted molar refractivity (Wildman–Crippen MR) is 83.3 cm³/mol. The van der Waals surface area contributed by atoms with Gasteiger partial charge in [-0.3, -0.25) is 0 Å². The van der Waals surface area contributed by atoms with E-state index in [-0.39, 0.29) is 0 Å². The van der Waals surface area contributed by atoms with E-state index in [0.717, 1.165) is 28.3 Å². The smallest absolute Gasteiger partial charge is 0.126 e. The number of benzene rings is 1. The van der Waals surface area contributed by atoms with Crippen molar-refractivity contribution in [3.05, 3.63) is 30.3 Å². The minimum Gasteiger partial charge on any atom is -0.399 e. The summed E-state index contributed by atoms with van der Waals surface area (Å²) in [7, 11) is 0. The Morgan fingerprint density at radius 1 is 1.11 bits per heavy atom. The molecule has 3 N–H and O–H groups in total. The summed E-state index contributed by atoms with van der Waals surface area (Å²) in [5.41, 5.74) is 7.53. The normalized spacial score (nSPS) is 12.8. The van der Waals surface area contributed by atoms with Crippen LogP contribution in [0, 0.1) is 5.92 Å². The highest BCUT2D eigenvalue weighted by molar-refractivity contribution is 5.83. The van der Waals surface area contributed by atoms with E-state index in [4.69, 9.17) is 5.73 Å². The van der Waals surface area contributed by atoms with Crippen molar-refractivity contribution in [1.29, 1.82) is 0 Å². The lowest BCUT2D eigenvalue weighted by atomic mass is 10.0. The lowest BCUT2D eigenvalue weighted by Gasteiger charge is -2.16. The highest BCUT2D eigenvalue weighted by Crippen LogP contribution is 2.19.